The first-order chi connectivity index (χ1) is 20.1. The Kier molecular flexibility index (Phi) is 11.0. The van der Waals surface area contributed by atoms with Gasteiger partial charge in [0, 0.05) is 57.9 Å². The minimum absolute atomic E-state index is 0.101. The zero-order chi connectivity index (χ0) is 30.3. The van der Waals surface area contributed by atoms with Crippen LogP contribution >= 0.6 is 18.9 Å². The smallest absolute Gasteiger partial charge is 0.407 e. The zero-order valence-electron chi connectivity index (χ0n) is 24.2. The van der Waals surface area contributed by atoms with Crippen LogP contribution in [0.2, 0.25) is 0 Å². The summed E-state index contributed by atoms with van der Waals surface area (Å²) in [6.45, 7) is 7.20. The first kappa shape index (κ1) is 31.9. The van der Waals surface area contributed by atoms with Gasteiger partial charge in [-0.15, -0.1) is 0 Å². The number of nitrogens with zero attached hydrogens (tertiary/aromatic N) is 5. The second-order valence-electron chi connectivity index (χ2n) is 10.1. The number of likely N-dealkylation sites (N-methyl/N-ethyl adjacent to an activating group) is 1. The molecule has 2 fully saturated rings. The second-order valence-corrected chi connectivity index (χ2v) is 13.2. The largest absolute Gasteiger partial charge is 0.465 e. The second kappa shape index (κ2) is 14.4. The van der Waals surface area contributed by atoms with E-state index in [0.29, 0.717) is 23.1 Å². The minimum atomic E-state index is -3.74. The molecule has 230 valence electrons. The standard InChI is InChI=1S/C27H39N6O7PS/c1-4-39-41(38,40-5-2)19-21(25(35)31-15-17-33(18-16-31)27(36)37)28-23(34)22-26(32-13-11-30(3)12-14-32)42-24(29-22)20-9-7-6-8-10-20/h6-10,21H,4-5,11-19H2,1-3H3,(H,28,34)(H,36,37)/t21-/m0/s1. The number of piperazine rings is 2. The fourth-order valence-electron chi connectivity index (χ4n) is 4.90. The molecule has 0 bridgehead atoms. The molecule has 0 unspecified atom stereocenters. The topological polar surface area (TPSA) is 145 Å². The number of carbonyl (C=O) groups is 3. The van der Waals surface area contributed by atoms with Gasteiger partial charge in [-0.1, -0.05) is 41.7 Å². The molecule has 3 amide bonds. The number of aromatic nitrogens is 1. The number of amides is 3. The van der Waals surface area contributed by atoms with Crippen LogP contribution in [0.5, 0.6) is 0 Å². The van der Waals surface area contributed by atoms with Gasteiger partial charge in [0.25, 0.3) is 5.91 Å². The van der Waals surface area contributed by atoms with Crippen molar-refractivity contribution >= 4 is 41.8 Å². The van der Waals surface area contributed by atoms with Crippen LogP contribution in [0.15, 0.2) is 30.3 Å². The zero-order valence-corrected chi connectivity index (χ0v) is 25.9. The third-order valence-corrected chi connectivity index (χ3v) is 10.4. The van der Waals surface area contributed by atoms with Gasteiger partial charge in [-0.2, -0.15) is 0 Å². The van der Waals surface area contributed by atoms with Crippen LogP contribution in [0.3, 0.4) is 0 Å². The highest BCUT2D eigenvalue weighted by Gasteiger charge is 2.38. The molecule has 2 saturated heterocycles. The van der Waals surface area contributed by atoms with E-state index < -0.39 is 31.5 Å². The van der Waals surface area contributed by atoms with E-state index >= 15 is 0 Å². The maximum absolute atomic E-state index is 13.9. The molecule has 0 radical (unpaired) electrons. The predicted octanol–water partition coefficient (Wildman–Crippen LogP) is 2.75. The summed E-state index contributed by atoms with van der Waals surface area (Å²) in [5, 5.41) is 13.5. The van der Waals surface area contributed by atoms with Gasteiger partial charge in [-0.25, -0.2) is 9.78 Å². The number of anilines is 1. The molecule has 1 atom stereocenters. The molecule has 4 rings (SSSR count). The molecular weight excluding hydrogens is 583 g/mol. The Morgan fingerprint density at radius 2 is 1.57 bits per heavy atom. The van der Waals surface area contributed by atoms with E-state index in [9.17, 15) is 24.1 Å². The molecule has 0 aliphatic carbocycles. The normalized spacial score (nSPS) is 17.3. The molecule has 2 aliphatic rings. The quantitative estimate of drug-likeness (QED) is 0.359. The van der Waals surface area contributed by atoms with E-state index in [1.165, 1.54) is 21.1 Å². The van der Waals surface area contributed by atoms with E-state index in [1.54, 1.807) is 13.8 Å². The number of carbonyl (C=O) groups excluding carboxylic acids is 2. The lowest BCUT2D eigenvalue weighted by atomic mass is 10.2. The highest BCUT2D eigenvalue weighted by atomic mass is 32.1. The van der Waals surface area contributed by atoms with Crippen LogP contribution in [-0.2, 0) is 18.4 Å². The molecule has 13 nitrogen and oxygen atoms in total. The summed E-state index contributed by atoms with van der Waals surface area (Å²) < 4.78 is 24.5. The van der Waals surface area contributed by atoms with Crippen LogP contribution in [0.25, 0.3) is 10.6 Å². The first-order valence-electron chi connectivity index (χ1n) is 14.1. The van der Waals surface area contributed by atoms with Gasteiger partial charge >= 0.3 is 13.7 Å². The Morgan fingerprint density at radius 3 is 2.14 bits per heavy atom. The summed E-state index contributed by atoms with van der Waals surface area (Å²) in [7, 11) is -1.69. The van der Waals surface area contributed by atoms with Gasteiger partial charge in [0.05, 0.1) is 19.4 Å². The molecule has 3 heterocycles. The first-order valence-corrected chi connectivity index (χ1v) is 16.6. The third kappa shape index (κ3) is 7.87. The van der Waals surface area contributed by atoms with Gasteiger partial charge in [0.1, 0.15) is 16.1 Å². The maximum atomic E-state index is 13.9. The minimum Gasteiger partial charge on any atom is -0.465 e. The average Bonchev–Trinajstić information content (AvgIpc) is 3.43. The average molecular weight is 623 g/mol. The van der Waals surface area contributed by atoms with Crippen molar-refractivity contribution in [1.82, 2.24) is 25.0 Å². The fraction of sp³-hybridized carbons (Fsp3) is 0.556. The van der Waals surface area contributed by atoms with E-state index in [-0.39, 0.29) is 51.2 Å². The van der Waals surface area contributed by atoms with Crippen LogP contribution in [-0.4, -0.2) is 128 Å². The molecule has 0 saturated carbocycles. The Labute approximate surface area is 249 Å². The van der Waals surface area contributed by atoms with Crippen LogP contribution in [0, 0.1) is 0 Å². The van der Waals surface area contributed by atoms with Crippen molar-refractivity contribution in [1.29, 1.82) is 0 Å². The Hall–Kier alpha value is -3.03. The van der Waals surface area contributed by atoms with Crippen LogP contribution in [0.1, 0.15) is 24.3 Å². The van der Waals surface area contributed by atoms with E-state index in [2.05, 4.69) is 22.2 Å². The maximum Gasteiger partial charge on any atom is 0.407 e. The van der Waals surface area contributed by atoms with E-state index in [0.717, 1.165) is 18.7 Å². The van der Waals surface area contributed by atoms with Crippen LogP contribution in [0.4, 0.5) is 9.80 Å². The van der Waals surface area contributed by atoms with Crippen LogP contribution < -0.4 is 10.2 Å². The molecule has 2 N–H and O–H groups in total. The van der Waals surface area contributed by atoms with Crippen molar-refractivity contribution < 1.29 is 33.1 Å². The molecule has 1 aromatic heterocycles. The summed E-state index contributed by atoms with van der Waals surface area (Å²) in [5.74, 6) is -1.04. The lowest BCUT2D eigenvalue weighted by molar-refractivity contribution is -0.134. The molecule has 2 aromatic rings. The Morgan fingerprint density at radius 1 is 0.976 bits per heavy atom. The number of thiazole rings is 1. The Balaban J connectivity index is 1.64. The number of hydrogen-bond acceptors (Lipinski definition) is 10. The van der Waals surface area contributed by atoms with Gasteiger partial charge in [-0.05, 0) is 20.9 Å². The predicted molar refractivity (Wildman–Crippen MR) is 160 cm³/mol. The van der Waals surface area contributed by atoms with Gasteiger partial charge in [0.15, 0.2) is 5.69 Å². The van der Waals surface area contributed by atoms with Crippen molar-refractivity contribution in [3.63, 3.8) is 0 Å². The molecule has 42 heavy (non-hydrogen) atoms. The van der Waals surface area contributed by atoms with Crippen molar-refractivity contribution in [3.05, 3.63) is 36.0 Å². The number of benzene rings is 1. The molecule has 0 spiro atoms. The van der Waals surface area contributed by atoms with E-state index in [1.807, 2.05) is 30.3 Å². The molecule has 15 heteroatoms. The number of rotatable bonds is 11. The number of carboxylic acid groups (broad SMARTS) is 1. The summed E-state index contributed by atoms with van der Waals surface area (Å²) in [4.78, 5) is 50.8. The van der Waals surface area contributed by atoms with Gasteiger partial charge in [0.2, 0.25) is 5.91 Å². The van der Waals surface area contributed by atoms with Crippen molar-refractivity contribution in [2.75, 3.05) is 83.7 Å². The lowest BCUT2D eigenvalue weighted by Crippen LogP contribution is -2.56. The van der Waals surface area contributed by atoms with Gasteiger partial charge < -0.3 is 39.1 Å². The molecule has 1 aromatic carbocycles. The Bertz CT molecular complexity index is 1270. The summed E-state index contributed by atoms with van der Waals surface area (Å²) >= 11 is 1.42. The van der Waals surface area contributed by atoms with Gasteiger partial charge in [-0.3, -0.25) is 14.2 Å². The third-order valence-electron chi connectivity index (χ3n) is 7.16. The summed E-state index contributed by atoms with van der Waals surface area (Å²) in [5.41, 5.74) is 1.07. The fourth-order valence-corrected chi connectivity index (χ4v) is 7.79. The number of hydrogen-bond donors (Lipinski definition) is 2. The molecule has 2 aliphatic heterocycles. The summed E-state index contributed by atoms with van der Waals surface area (Å²) in [6.07, 6.45) is -1.42. The van der Waals surface area contributed by atoms with Crippen molar-refractivity contribution in [2.45, 2.75) is 19.9 Å². The van der Waals surface area contributed by atoms with Crippen molar-refractivity contribution in [2.24, 2.45) is 0 Å². The molecular formula is C27H39N6O7PS. The lowest BCUT2D eigenvalue weighted by Gasteiger charge is -2.36. The summed E-state index contributed by atoms with van der Waals surface area (Å²) in [6, 6.07) is 8.34. The SMILES string of the molecule is CCOP(=O)(C[C@H](NC(=O)c1nc(-c2ccccc2)sc1N1CCN(C)CC1)C(=O)N1CCN(C(=O)O)CC1)OCC. The van der Waals surface area contributed by atoms with Crippen molar-refractivity contribution in [3.8, 4) is 10.6 Å². The number of nitrogens with one attached hydrogen (secondary N) is 1. The van der Waals surface area contributed by atoms with E-state index in [4.69, 9.17) is 14.0 Å². The highest BCUT2D eigenvalue weighted by Crippen LogP contribution is 2.48. The highest BCUT2D eigenvalue weighted by molar-refractivity contribution is 7.54. The monoisotopic (exact) mass is 622 g/mol.